The molecule has 118 valence electrons. The molecule has 1 aromatic rings. The summed E-state index contributed by atoms with van der Waals surface area (Å²) in [5.41, 5.74) is 5.13. The SMILES string of the molecule is Cc1ccc(NC(=O)CC(N)C(C)(C)C)cc1C(F)(F)F. The van der Waals surface area contributed by atoms with Gasteiger partial charge in [0.25, 0.3) is 0 Å². The largest absolute Gasteiger partial charge is 0.416 e. The molecule has 1 aromatic carbocycles. The number of anilines is 1. The van der Waals surface area contributed by atoms with Gasteiger partial charge in [-0.3, -0.25) is 4.79 Å². The van der Waals surface area contributed by atoms with E-state index in [0.717, 1.165) is 6.07 Å². The number of hydrogen-bond acceptors (Lipinski definition) is 2. The number of amides is 1. The monoisotopic (exact) mass is 302 g/mol. The maximum absolute atomic E-state index is 12.8. The van der Waals surface area contributed by atoms with Crippen molar-refractivity contribution < 1.29 is 18.0 Å². The predicted molar refractivity (Wildman–Crippen MR) is 76.9 cm³/mol. The Morgan fingerprint density at radius 3 is 2.33 bits per heavy atom. The van der Waals surface area contributed by atoms with Gasteiger partial charge in [0.15, 0.2) is 0 Å². The minimum absolute atomic E-state index is 0.0543. The summed E-state index contributed by atoms with van der Waals surface area (Å²) < 4.78 is 38.4. The summed E-state index contributed by atoms with van der Waals surface area (Å²) in [5.74, 6) is -0.394. The first-order valence-electron chi connectivity index (χ1n) is 6.64. The Balaban J connectivity index is 2.83. The topological polar surface area (TPSA) is 55.1 Å². The van der Waals surface area contributed by atoms with Gasteiger partial charge >= 0.3 is 6.18 Å². The van der Waals surface area contributed by atoms with Crippen LogP contribution in [0.15, 0.2) is 18.2 Å². The average Bonchev–Trinajstić information content (AvgIpc) is 2.28. The standard InChI is InChI=1S/C15H21F3N2O/c1-9-5-6-10(7-11(9)15(16,17)18)20-13(21)8-12(19)14(2,3)4/h5-7,12H,8,19H2,1-4H3,(H,20,21). The second-order valence-electron chi connectivity index (χ2n) is 6.25. The van der Waals surface area contributed by atoms with Gasteiger partial charge in [-0.05, 0) is 30.0 Å². The van der Waals surface area contributed by atoms with Gasteiger partial charge in [0.1, 0.15) is 0 Å². The van der Waals surface area contributed by atoms with Crippen molar-refractivity contribution in [2.24, 2.45) is 11.1 Å². The average molecular weight is 302 g/mol. The van der Waals surface area contributed by atoms with Crippen LogP contribution in [0.3, 0.4) is 0 Å². The summed E-state index contributed by atoms with van der Waals surface area (Å²) in [6.07, 6.45) is -4.38. The van der Waals surface area contributed by atoms with Crippen molar-refractivity contribution in [1.82, 2.24) is 0 Å². The Bertz CT molecular complexity index is 519. The number of carbonyl (C=O) groups is 1. The molecule has 0 aromatic heterocycles. The van der Waals surface area contributed by atoms with E-state index in [1.807, 2.05) is 20.8 Å². The van der Waals surface area contributed by atoms with Gasteiger partial charge in [0, 0.05) is 18.2 Å². The van der Waals surface area contributed by atoms with E-state index in [0.29, 0.717) is 0 Å². The second-order valence-corrected chi connectivity index (χ2v) is 6.25. The maximum Gasteiger partial charge on any atom is 0.416 e. The molecule has 1 atom stereocenters. The Kier molecular flexibility index (Phi) is 5.04. The van der Waals surface area contributed by atoms with Crippen LogP contribution in [0.5, 0.6) is 0 Å². The van der Waals surface area contributed by atoms with E-state index in [4.69, 9.17) is 5.73 Å². The third-order valence-electron chi connectivity index (χ3n) is 3.34. The van der Waals surface area contributed by atoms with Crippen LogP contribution in [-0.4, -0.2) is 11.9 Å². The molecule has 1 amide bonds. The number of aryl methyl sites for hydroxylation is 1. The number of nitrogens with two attached hydrogens (primary N) is 1. The molecule has 0 aliphatic rings. The second kappa shape index (κ2) is 6.05. The fourth-order valence-electron chi connectivity index (χ4n) is 1.72. The number of benzene rings is 1. The zero-order chi connectivity index (χ0) is 16.4. The van der Waals surface area contributed by atoms with Crippen LogP contribution in [0.2, 0.25) is 0 Å². The number of rotatable bonds is 3. The number of nitrogens with one attached hydrogen (secondary N) is 1. The number of hydrogen-bond donors (Lipinski definition) is 2. The first-order valence-corrected chi connectivity index (χ1v) is 6.64. The van der Waals surface area contributed by atoms with Crippen LogP contribution >= 0.6 is 0 Å². The molecule has 0 saturated heterocycles. The fraction of sp³-hybridized carbons (Fsp3) is 0.533. The van der Waals surface area contributed by atoms with Gasteiger partial charge in [-0.2, -0.15) is 13.2 Å². The molecule has 3 N–H and O–H groups in total. The summed E-state index contributed by atoms with van der Waals surface area (Å²) >= 11 is 0. The van der Waals surface area contributed by atoms with E-state index < -0.39 is 17.6 Å². The molecular weight excluding hydrogens is 281 g/mol. The lowest BCUT2D eigenvalue weighted by molar-refractivity contribution is -0.138. The molecule has 1 rings (SSSR count). The van der Waals surface area contributed by atoms with Crippen molar-refractivity contribution in [3.05, 3.63) is 29.3 Å². The van der Waals surface area contributed by atoms with Crippen LogP contribution in [-0.2, 0) is 11.0 Å². The molecule has 0 saturated carbocycles. The number of alkyl halides is 3. The molecule has 0 aliphatic carbocycles. The Labute approximate surface area is 122 Å². The lowest BCUT2D eigenvalue weighted by Crippen LogP contribution is -2.38. The normalized spacial score (nSPS) is 13.9. The lowest BCUT2D eigenvalue weighted by atomic mass is 9.85. The zero-order valence-electron chi connectivity index (χ0n) is 12.6. The number of carbonyl (C=O) groups excluding carboxylic acids is 1. The van der Waals surface area contributed by atoms with E-state index in [1.165, 1.54) is 19.1 Å². The first kappa shape index (κ1) is 17.5. The molecule has 0 radical (unpaired) electrons. The molecule has 6 heteroatoms. The van der Waals surface area contributed by atoms with Crippen molar-refractivity contribution in [3.8, 4) is 0 Å². The summed E-state index contributed by atoms with van der Waals surface area (Å²) in [6.45, 7) is 7.08. The van der Waals surface area contributed by atoms with Gasteiger partial charge in [0.05, 0.1) is 5.56 Å². The molecule has 1 unspecified atom stereocenters. The van der Waals surface area contributed by atoms with E-state index in [1.54, 1.807) is 0 Å². The van der Waals surface area contributed by atoms with E-state index in [2.05, 4.69) is 5.32 Å². The van der Waals surface area contributed by atoms with Crippen molar-refractivity contribution in [3.63, 3.8) is 0 Å². The van der Waals surface area contributed by atoms with E-state index >= 15 is 0 Å². The minimum Gasteiger partial charge on any atom is -0.327 e. The molecule has 21 heavy (non-hydrogen) atoms. The molecule has 0 heterocycles. The van der Waals surface area contributed by atoms with Crippen LogP contribution in [0.4, 0.5) is 18.9 Å². The highest BCUT2D eigenvalue weighted by Gasteiger charge is 2.32. The third kappa shape index (κ3) is 5.04. The highest BCUT2D eigenvalue weighted by atomic mass is 19.4. The van der Waals surface area contributed by atoms with E-state index in [9.17, 15) is 18.0 Å². The van der Waals surface area contributed by atoms with Crippen LogP contribution in [0.25, 0.3) is 0 Å². The van der Waals surface area contributed by atoms with Gasteiger partial charge in [-0.15, -0.1) is 0 Å². The van der Waals surface area contributed by atoms with Crippen molar-refractivity contribution in [1.29, 1.82) is 0 Å². The quantitative estimate of drug-likeness (QED) is 0.894. The van der Waals surface area contributed by atoms with Gasteiger partial charge in [0.2, 0.25) is 5.91 Å². The summed E-state index contributed by atoms with van der Waals surface area (Å²) in [6, 6.07) is 3.35. The first-order chi connectivity index (χ1) is 9.41. The van der Waals surface area contributed by atoms with Gasteiger partial charge in [-0.1, -0.05) is 26.8 Å². The molecule has 0 fully saturated rings. The fourth-order valence-corrected chi connectivity index (χ4v) is 1.72. The summed E-state index contributed by atoms with van der Waals surface area (Å²) in [4.78, 5) is 11.8. The van der Waals surface area contributed by atoms with Gasteiger partial charge < -0.3 is 11.1 Å². The molecule has 3 nitrogen and oxygen atoms in total. The lowest BCUT2D eigenvalue weighted by Gasteiger charge is -2.26. The summed E-state index contributed by atoms with van der Waals surface area (Å²) in [5, 5.41) is 2.47. The Hall–Kier alpha value is -1.56. The minimum atomic E-state index is -4.44. The van der Waals surface area contributed by atoms with Crippen molar-refractivity contribution >= 4 is 11.6 Å². The maximum atomic E-state index is 12.8. The van der Waals surface area contributed by atoms with Crippen LogP contribution in [0, 0.1) is 12.3 Å². The highest BCUT2D eigenvalue weighted by Crippen LogP contribution is 2.33. The van der Waals surface area contributed by atoms with Crippen LogP contribution in [0.1, 0.15) is 38.3 Å². The molecule has 0 spiro atoms. The van der Waals surface area contributed by atoms with E-state index in [-0.39, 0.29) is 29.1 Å². The van der Waals surface area contributed by atoms with Gasteiger partial charge in [-0.25, -0.2) is 0 Å². The molecule has 0 aliphatic heterocycles. The number of halogens is 3. The molecular formula is C15H21F3N2O. The third-order valence-corrected chi connectivity index (χ3v) is 3.34. The predicted octanol–water partition coefficient (Wildman–Crippen LogP) is 3.72. The summed E-state index contributed by atoms with van der Waals surface area (Å²) in [7, 11) is 0. The zero-order valence-corrected chi connectivity index (χ0v) is 12.6. The Morgan fingerprint density at radius 2 is 1.86 bits per heavy atom. The Morgan fingerprint density at radius 1 is 1.29 bits per heavy atom. The van der Waals surface area contributed by atoms with Crippen LogP contribution < -0.4 is 11.1 Å². The van der Waals surface area contributed by atoms with Crippen molar-refractivity contribution in [2.75, 3.05) is 5.32 Å². The van der Waals surface area contributed by atoms with Crippen molar-refractivity contribution in [2.45, 2.75) is 46.3 Å². The highest BCUT2D eigenvalue weighted by molar-refractivity contribution is 5.91. The molecule has 0 bridgehead atoms. The smallest absolute Gasteiger partial charge is 0.327 e.